The summed E-state index contributed by atoms with van der Waals surface area (Å²) < 4.78 is 0. The summed E-state index contributed by atoms with van der Waals surface area (Å²) in [6, 6.07) is -0.717. The van der Waals surface area contributed by atoms with Gasteiger partial charge in [-0.25, -0.2) is 4.79 Å². The van der Waals surface area contributed by atoms with Crippen molar-refractivity contribution < 1.29 is 14.7 Å². The molecule has 2 amide bonds. The van der Waals surface area contributed by atoms with Crippen LogP contribution in [0.15, 0.2) is 0 Å². The minimum atomic E-state index is -0.872. The number of amides is 2. The summed E-state index contributed by atoms with van der Waals surface area (Å²) in [6.07, 6.45) is 3.68. The maximum Gasteiger partial charge on any atom is 0.315 e. The van der Waals surface area contributed by atoms with Crippen molar-refractivity contribution in [3.63, 3.8) is 0 Å². The number of likely N-dealkylation sites (tertiary alicyclic amines) is 1. The number of hydrogen-bond donors (Lipinski definition) is 2. The lowest BCUT2D eigenvalue weighted by Gasteiger charge is -2.26. The van der Waals surface area contributed by atoms with Crippen molar-refractivity contribution in [3.05, 3.63) is 0 Å². The maximum absolute atomic E-state index is 11.1. The van der Waals surface area contributed by atoms with Crippen molar-refractivity contribution in [1.82, 2.24) is 4.90 Å². The summed E-state index contributed by atoms with van der Waals surface area (Å²) in [6.45, 7) is 0.591. The number of carboxylic acids is 1. The molecule has 5 heteroatoms. The van der Waals surface area contributed by atoms with E-state index in [0.29, 0.717) is 6.54 Å². The largest absolute Gasteiger partial charge is 0.481 e. The average molecular weight is 200 g/mol. The number of urea groups is 1. The van der Waals surface area contributed by atoms with Crippen molar-refractivity contribution in [1.29, 1.82) is 0 Å². The second-order valence-corrected chi connectivity index (χ2v) is 3.63. The van der Waals surface area contributed by atoms with Crippen LogP contribution in [0.2, 0.25) is 0 Å². The first-order valence-electron chi connectivity index (χ1n) is 4.89. The Kier molecular flexibility index (Phi) is 3.73. The van der Waals surface area contributed by atoms with Gasteiger partial charge in [0.05, 0.1) is 6.42 Å². The molecule has 0 saturated carbocycles. The van der Waals surface area contributed by atoms with Crippen LogP contribution in [-0.2, 0) is 4.79 Å². The molecule has 0 radical (unpaired) electrons. The Morgan fingerprint density at radius 1 is 1.36 bits per heavy atom. The van der Waals surface area contributed by atoms with Crippen LogP contribution in [0.1, 0.15) is 32.1 Å². The molecule has 0 bridgehead atoms. The van der Waals surface area contributed by atoms with Gasteiger partial charge in [-0.05, 0) is 12.8 Å². The van der Waals surface area contributed by atoms with Gasteiger partial charge in [0, 0.05) is 12.6 Å². The van der Waals surface area contributed by atoms with E-state index in [9.17, 15) is 9.59 Å². The third-order valence-electron chi connectivity index (χ3n) is 2.57. The van der Waals surface area contributed by atoms with Gasteiger partial charge >= 0.3 is 12.0 Å². The molecular weight excluding hydrogens is 184 g/mol. The van der Waals surface area contributed by atoms with Gasteiger partial charge in [-0.3, -0.25) is 4.79 Å². The third kappa shape index (κ3) is 2.90. The number of carbonyl (C=O) groups excluding carboxylic acids is 1. The molecule has 1 atom stereocenters. The first kappa shape index (κ1) is 10.8. The molecule has 0 aliphatic carbocycles. The summed E-state index contributed by atoms with van der Waals surface area (Å²) in [7, 11) is 0. The van der Waals surface area contributed by atoms with Gasteiger partial charge in [0.1, 0.15) is 0 Å². The molecule has 3 N–H and O–H groups in total. The third-order valence-corrected chi connectivity index (χ3v) is 2.57. The number of carboxylic acid groups (broad SMARTS) is 1. The Labute approximate surface area is 82.9 Å². The number of aliphatic carboxylic acids is 1. The normalized spacial score (nSPS) is 22.9. The molecule has 0 aromatic carbocycles. The van der Waals surface area contributed by atoms with Crippen LogP contribution in [0.3, 0.4) is 0 Å². The molecule has 0 spiro atoms. The molecule has 5 nitrogen and oxygen atoms in total. The van der Waals surface area contributed by atoms with Crippen molar-refractivity contribution >= 4 is 12.0 Å². The van der Waals surface area contributed by atoms with Gasteiger partial charge in [-0.1, -0.05) is 12.8 Å². The first-order valence-corrected chi connectivity index (χ1v) is 4.89. The van der Waals surface area contributed by atoms with Crippen LogP contribution in [0.5, 0.6) is 0 Å². The highest BCUT2D eigenvalue weighted by Gasteiger charge is 2.25. The number of hydrogen-bond acceptors (Lipinski definition) is 2. The second kappa shape index (κ2) is 4.83. The van der Waals surface area contributed by atoms with Gasteiger partial charge in [0.15, 0.2) is 0 Å². The predicted octanol–water partition coefficient (Wildman–Crippen LogP) is 0.784. The highest BCUT2D eigenvalue weighted by atomic mass is 16.4. The van der Waals surface area contributed by atoms with E-state index in [2.05, 4.69) is 0 Å². The van der Waals surface area contributed by atoms with Gasteiger partial charge < -0.3 is 15.7 Å². The Morgan fingerprint density at radius 3 is 2.64 bits per heavy atom. The molecule has 1 unspecified atom stereocenters. The number of carbonyl (C=O) groups is 2. The number of nitrogens with zero attached hydrogens (tertiary/aromatic N) is 1. The minimum Gasteiger partial charge on any atom is -0.481 e. The Morgan fingerprint density at radius 2 is 2.07 bits per heavy atom. The average Bonchev–Trinajstić information content (AvgIpc) is 2.28. The van der Waals surface area contributed by atoms with Crippen LogP contribution >= 0.6 is 0 Å². The molecule has 1 aliphatic heterocycles. The van der Waals surface area contributed by atoms with Crippen molar-refractivity contribution in [2.24, 2.45) is 5.73 Å². The predicted molar refractivity (Wildman–Crippen MR) is 50.8 cm³/mol. The monoisotopic (exact) mass is 200 g/mol. The van der Waals surface area contributed by atoms with Crippen molar-refractivity contribution in [3.8, 4) is 0 Å². The summed E-state index contributed by atoms with van der Waals surface area (Å²) in [5, 5.41) is 8.68. The lowest BCUT2D eigenvalue weighted by Crippen LogP contribution is -2.44. The van der Waals surface area contributed by atoms with E-state index < -0.39 is 12.0 Å². The number of rotatable bonds is 2. The fourth-order valence-corrected chi connectivity index (χ4v) is 1.88. The zero-order valence-corrected chi connectivity index (χ0v) is 8.11. The molecule has 1 rings (SSSR count). The number of primary amides is 1. The molecule has 1 saturated heterocycles. The van der Waals surface area contributed by atoms with E-state index in [1.54, 1.807) is 0 Å². The Balaban J connectivity index is 2.63. The maximum atomic E-state index is 11.1. The molecule has 1 fully saturated rings. The molecule has 80 valence electrons. The van der Waals surface area contributed by atoms with Gasteiger partial charge in [-0.15, -0.1) is 0 Å². The smallest absolute Gasteiger partial charge is 0.315 e. The molecule has 1 aliphatic rings. The summed E-state index contributed by atoms with van der Waals surface area (Å²) in [5.41, 5.74) is 5.20. The quantitative estimate of drug-likeness (QED) is 0.691. The van der Waals surface area contributed by atoms with Crippen LogP contribution in [0.25, 0.3) is 0 Å². The summed E-state index contributed by atoms with van der Waals surface area (Å²) >= 11 is 0. The van der Waals surface area contributed by atoms with Crippen LogP contribution in [0.4, 0.5) is 4.79 Å². The van der Waals surface area contributed by atoms with Crippen molar-refractivity contribution in [2.75, 3.05) is 6.54 Å². The molecular formula is C9H16N2O3. The van der Waals surface area contributed by atoms with Crippen LogP contribution in [0, 0.1) is 0 Å². The van der Waals surface area contributed by atoms with Crippen LogP contribution < -0.4 is 5.73 Å². The Hall–Kier alpha value is -1.26. The fourth-order valence-electron chi connectivity index (χ4n) is 1.88. The highest BCUT2D eigenvalue weighted by molar-refractivity contribution is 5.74. The van der Waals surface area contributed by atoms with Crippen molar-refractivity contribution in [2.45, 2.75) is 38.1 Å². The van der Waals surface area contributed by atoms with E-state index >= 15 is 0 Å². The van der Waals surface area contributed by atoms with E-state index in [4.69, 9.17) is 10.8 Å². The lowest BCUT2D eigenvalue weighted by atomic mass is 10.1. The second-order valence-electron chi connectivity index (χ2n) is 3.63. The SMILES string of the molecule is NC(=O)N1CCCCCC1CC(=O)O. The van der Waals surface area contributed by atoms with Gasteiger partial charge in [0.25, 0.3) is 0 Å². The zero-order valence-electron chi connectivity index (χ0n) is 8.11. The Bertz CT molecular complexity index is 230. The highest BCUT2D eigenvalue weighted by Crippen LogP contribution is 2.18. The summed E-state index contributed by atoms with van der Waals surface area (Å²) in [4.78, 5) is 23.1. The van der Waals surface area contributed by atoms with Gasteiger partial charge in [0.2, 0.25) is 0 Å². The van der Waals surface area contributed by atoms with E-state index in [1.807, 2.05) is 0 Å². The number of nitrogens with two attached hydrogens (primary N) is 1. The van der Waals surface area contributed by atoms with E-state index in [0.717, 1.165) is 25.7 Å². The molecule has 1 heterocycles. The minimum absolute atomic E-state index is 0.00292. The topological polar surface area (TPSA) is 83.6 Å². The van der Waals surface area contributed by atoms with Crippen LogP contribution in [-0.4, -0.2) is 34.6 Å². The first-order chi connectivity index (χ1) is 6.61. The molecule has 0 aromatic heterocycles. The lowest BCUT2D eigenvalue weighted by molar-refractivity contribution is -0.138. The molecule has 0 aromatic rings. The zero-order chi connectivity index (χ0) is 10.6. The molecule has 14 heavy (non-hydrogen) atoms. The summed E-state index contributed by atoms with van der Waals surface area (Å²) in [5.74, 6) is -0.872. The van der Waals surface area contributed by atoms with E-state index in [-0.39, 0.29) is 12.5 Å². The fraction of sp³-hybridized carbons (Fsp3) is 0.778. The van der Waals surface area contributed by atoms with Gasteiger partial charge in [-0.2, -0.15) is 0 Å². The standard InChI is InChI=1S/C9H16N2O3/c10-9(14)11-5-3-1-2-4-7(11)6-8(12)13/h7H,1-6H2,(H2,10,14)(H,12,13). The van der Waals surface area contributed by atoms with E-state index in [1.165, 1.54) is 4.90 Å².